The van der Waals surface area contributed by atoms with Crippen LogP contribution in [0.15, 0.2) is 22.7 Å². The maximum absolute atomic E-state index is 11.6. The van der Waals surface area contributed by atoms with Crippen LogP contribution in [0.3, 0.4) is 0 Å². The van der Waals surface area contributed by atoms with Crippen LogP contribution in [0.5, 0.6) is 0 Å². The van der Waals surface area contributed by atoms with Crippen LogP contribution < -0.4 is 5.32 Å². The summed E-state index contributed by atoms with van der Waals surface area (Å²) in [6.45, 7) is 2.03. The van der Waals surface area contributed by atoms with Gasteiger partial charge in [0.05, 0.1) is 5.41 Å². The molecule has 4 heteroatoms. The van der Waals surface area contributed by atoms with E-state index < -0.39 is 11.4 Å². The third-order valence-corrected chi connectivity index (χ3v) is 4.56. The third-order valence-electron chi connectivity index (χ3n) is 4.07. The lowest BCUT2D eigenvalue weighted by molar-refractivity contribution is -0.157. The Balaban J connectivity index is 2.45. The summed E-state index contributed by atoms with van der Waals surface area (Å²) in [4.78, 5) is 11.6. The minimum atomic E-state index is -0.688. The second-order valence-electron chi connectivity index (χ2n) is 5.04. The minimum absolute atomic E-state index is 0.124. The Morgan fingerprint density at radius 2 is 2.17 bits per heavy atom. The minimum Gasteiger partial charge on any atom is -0.481 e. The average Bonchev–Trinajstić information content (AvgIpc) is 2.26. The third kappa shape index (κ3) is 2.08. The molecule has 0 aliphatic heterocycles. The van der Waals surface area contributed by atoms with Crippen molar-refractivity contribution in [3.05, 3.63) is 33.8 Å². The van der Waals surface area contributed by atoms with Crippen molar-refractivity contribution in [3.8, 4) is 0 Å². The van der Waals surface area contributed by atoms with Gasteiger partial charge in [-0.2, -0.15) is 0 Å². The molecule has 0 saturated heterocycles. The van der Waals surface area contributed by atoms with Gasteiger partial charge in [0.25, 0.3) is 0 Å². The highest BCUT2D eigenvalue weighted by atomic mass is 79.9. The predicted octanol–water partition coefficient (Wildman–Crippen LogP) is 3.27. The molecule has 2 N–H and O–H groups in total. The zero-order valence-corrected chi connectivity index (χ0v) is 12.3. The topological polar surface area (TPSA) is 49.3 Å². The molecule has 0 bridgehead atoms. The monoisotopic (exact) mass is 311 g/mol. The fraction of sp³-hybridized carbons (Fsp3) is 0.500. The van der Waals surface area contributed by atoms with Gasteiger partial charge < -0.3 is 10.4 Å². The summed E-state index contributed by atoms with van der Waals surface area (Å²) in [7, 11) is 1.84. The number of halogens is 1. The zero-order valence-electron chi connectivity index (χ0n) is 10.7. The predicted molar refractivity (Wildman–Crippen MR) is 74.6 cm³/mol. The van der Waals surface area contributed by atoms with Gasteiger partial charge in [0.2, 0.25) is 0 Å². The number of carboxylic acid groups (broad SMARTS) is 1. The molecule has 0 amide bonds. The first-order chi connectivity index (χ1) is 8.51. The lowest BCUT2D eigenvalue weighted by Crippen LogP contribution is -2.48. The lowest BCUT2D eigenvalue weighted by atomic mass is 9.62. The van der Waals surface area contributed by atoms with Crippen molar-refractivity contribution in [3.63, 3.8) is 0 Å². The molecule has 1 aliphatic rings. The summed E-state index contributed by atoms with van der Waals surface area (Å²) in [6, 6.07) is 5.92. The van der Waals surface area contributed by atoms with E-state index in [1.54, 1.807) is 0 Å². The summed E-state index contributed by atoms with van der Waals surface area (Å²) in [5.74, 6) is -0.688. The molecule has 3 nitrogen and oxygen atoms in total. The number of aliphatic carboxylic acids is 1. The molecule has 0 heterocycles. The molecule has 1 unspecified atom stereocenters. The zero-order chi connectivity index (χ0) is 13.3. The summed E-state index contributed by atoms with van der Waals surface area (Å²) in [6.07, 6.45) is 2.50. The van der Waals surface area contributed by atoms with Crippen LogP contribution in [0.25, 0.3) is 0 Å². The molecule has 1 atom stereocenters. The number of carbonyl (C=O) groups is 1. The van der Waals surface area contributed by atoms with E-state index in [4.69, 9.17) is 0 Å². The Hall–Kier alpha value is -0.870. The first kappa shape index (κ1) is 13.6. The molecule has 1 aromatic carbocycles. The molecule has 1 aliphatic carbocycles. The molecule has 98 valence electrons. The van der Waals surface area contributed by atoms with Crippen molar-refractivity contribution in [1.82, 2.24) is 5.32 Å². The Morgan fingerprint density at radius 3 is 2.61 bits per heavy atom. The number of hydrogen-bond acceptors (Lipinski definition) is 2. The van der Waals surface area contributed by atoms with Crippen LogP contribution in [0.4, 0.5) is 0 Å². The van der Waals surface area contributed by atoms with E-state index in [-0.39, 0.29) is 6.04 Å². The van der Waals surface area contributed by atoms with Crippen molar-refractivity contribution in [2.24, 2.45) is 5.41 Å². The second kappa shape index (κ2) is 5.02. The molecular formula is C14H18BrNO2. The van der Waals surface area contributed by atoms with Gasteiger partial charge in [-0.05, 0) is 50.1 Å². The van der Waals surface area contributed by atoms with Crippen molar-refractivity contribution in [2.75, 3.05) is 7.05 Å². The Morgan fingerprint density at radius 1 is 1.50 bits per heavy atom. The summed E-state index contributed by atoms with van der Waals surface area (Å²) in [5, 5.41) is 12.8. The maximum atomic E-state index is 11.6. The van der Waals surface area contributed by atoms with Gasteiger partial charge in [-0.1, -0.05) is 28.4 Å². The fourth-order valence-corrected chi connectivity index (χ4v) is 3.21. The van der Waals surface area contributed by atoms with E-state index in [1.165, 1.54) is 0 Å². The Labute approximate surface area is 116 Å². The van der Waals surface area contributed by atoms with E-state index in [2.05, 4.69) is 21.2 Å². The molecule has 0 spiro atoms. The standard InChI is InChI=1S/C14H18BrNO2/c1-9-4-5-10(15)8-11(9)12(16-2)14(13(17)18)6-3-7-14/h4-5,8,12,16H,3,6-7H2,1-2H3,(H,17,18). The van der Waals surface area contributed by atoms with Crippen molar-refractivity contribution < 1.29 is 9.90 Å². The number of nitrogens with one attached hydrogen (secondary N) is 1. The smallest absolute Gasteiger partial charge is 0.311 e. The average molecular weight is 312 g/mol. The Kier molecular flexibility index (Phi) is 3.78. The van der Waals surface area contributed by atoms with E-state index in [9.17, 15) is 9.90 Å². The molecule has 1 fully saturated rings. The summed E-state index contributed by atoms with van der Waals surface area (Å²) >= 11 is 3.46. The van der Waals surface area contributed by atoms with Crippen LogP contribution in [-0.4, -0.2) is 18.1 Å². The van der Waals surface area contributed by atoms with Gasteiger partial charge in [0.15, 0.2) is 0 Å². The summed E-state index contributed by atoms with van der Waals surface area (Å²) in [5.41, 5.74) is 1.57. The first-order valence-electron chi connectivity index (χ1n) is 6.18. The first-order valence-corrected chi connectivity index (χ1v) is 6.97. The highest BCUT2D eigenvalue weighted by Crippen LogP contribution is 2.51. The molecule has 1 aromatic rings. The number of benzene rings is 1. The lowest BCUT2D eigenvalue weighted by Gasteiger charge is -2.44. The van der Waals surface area contributed by atoms with Gasteiger partial charge in [-0.15, -0.1) is 0 Å². The number of carboxylic acids is 1. The van der Waals surface area contributed by atoms with Crippen LogP contribution in [0.1, 0.15) is 36.4 Å². The van der Waals surface area contributed by atoms with Gasteiger partial charge >= 0.3 is 5.97 Å². The van der Waals surface area contributed by atoms with Crippen molar-refractivity contribution in [2.45, 2.75) is 32.2 Å². The normalized spacial score (nSPS) is 19.1. The van der Waals surface area contributed by atoms with E-state index >= 15 is 0 Å². The van der Waals surface area contributed by atoms with Gasteiger partial charge in [0.1, 0.15) is 0 Å². The highest BCUT2D eigenvalue weighted by molar-refractivity contribution is 9.10. The summed E-state index contributed by atoms with van der Waals surface area (Å²) < 4.78 is 0.989. The van der Waals surface area contributed by atoms with Crippen molar-refractivity contribution in [1.29, 1.82) is 0 Å². The van der Waals surface area contributed by atoms with E-state index in [0.717, 1.165) is 34.9 Å². The molecular weight excluding hydrogens is 294 g/mol. The largest absolute Gasteiger partial charge is 0.481 e. The molecule has 0 radical (unpaired) electrons. The van der Waals surface area contributed by atoms with Crippen LogP contribution >= 0.6 is 15.9 Å². The van der Waals surface area contributed by atoms with Crippen LogP contribution in [-0.2, 0) is 4.79 Å². The second-order valence-corrected chi connectivity index (χ2v) is 5.95. The van der Waals surface area contributed by atoms with Crippen LogP contribution in [0.2, 0.25) is 0 Å². The number of rotatable bonds is 4. The quantitative estimate of drug-likeness (QED) is 0.897. The highest BCUT2D eigenvalue weighted by Gasteiger charge is 2.51. The molecule has 18 heavy (non-hydrogen) atoms. The van der Waals surface area contributed by atoms with E-state index in [1.807, 2.05) is 32.2 Å². The molecule has 0 aromatic heterocycles. The van der Waals surface area contributed by atoms with Crippen LogP contribution in [0, 0.1) is 12.3 Å². The van der Waals surface area contributed by atoms with Gasteiger partial charge in [-0.25, -0.2) is 0 Å². The fourth-order valence-electron chi connectivity index (χ4n) is 2.84. The number of aryl methyl sites for hydroxylation is 1. The number of hydrogen-bond donors (Lipinski definition) is 2. The SMILES string of the molecule is CNC(c1cc(Br)ccc1C)C1(C(=O)O)CCC1. The van der Waals surface area contributed by atoms with Gasteiger partial charge in [0, 0.05) is 10.5 Å². The maximum Gasteiger partial charge on any atom is 0.311 e. The van der Waals surface area contributed by atoms with Gasteiger partial charge in [-0.3, -0.25) is 4.79 Å². The van der Waals surface area contributed by atoms with E-state index in [0.29, 0.717) is 0 Å². The molecule has 1 saturated carbocycles. The Bertz CT molecular complexity index is 469. The van der Waals surface area contributed by atoms with Crippen molar-refractivity contribution >= 4 is 21.9 Å². The molecule has 2 rings (SSSR count).